The third-order valence-electron chi connectivity index (χ3n) is 4.58. The van der Waals surface area contributed by atoms with Crippen LogP contribution in [0, 0.1) is 0 Å². The molecule has 0 spiro atoms. The molecule has 1 amide bonds. The number of anilines is 1. The first-order valence-corrected chi connectivity index (χ1v) is 8.12. The maximum Gasteiger partial charge on any atom is 0.410 e. The summed E-state index contributed by atoms with van der Waals surface area (Å²) < 4.78 is 7.72. The molecule has 6 nitrogen and oxygen atoms in total. The van der Waals surface area contributed by atoms with Crippen LogP contribution in [-0.2, 0) is 24.6 Å². The standard InChI is InChI=1S/C17H26N4O2/c1-17(2,3)23-16(22)20(4)11-6-7-14-13(10-11)12-8-9-18-19-15(12)21(14)5/h8-9,11,18-19H,6-7,10H2,1-5H3. The van der Waals surface area contributed by atoms with Crippen molar-refractivity contribution in [3.8, 4) is 0 Å². The summed E-state index contributed by atoms with van der Waals surface area (Å²) in [4.78, 5) is 14.1. The van der Waals surface area contributed by atoms with Crippen molar-refractivity contribution in [3.63, 3.8) is 0 Å². The fourth-order valence-corrected chi connectivity index (χ4v) is 3.38. The lowest BCUT2D eigenvalue weighted by atomic mass is 9.90. The number of amides is 1. The van der Waals surface area contributed by atoms with E-state index in [9.17, 15) is 4.79 Å². The molecule has 2 N–H and O–H groups in total. The number of carbonyl (C=O) groups excluding carboxylic acids is 1. The summed E-state index contributed by atoms with van der Waals surface area (Å²) >= 11 is 0. The van der Waals surface area contributed by atoms with Crippen LogP contribution in [0.4, 0.5) is 10.6 Å². The minimum absolute atomic E-state index is 0.173. The van der Waals surface area contributed by atoms with Crippen LogP contribution in [0.15, 0.2) is 6.20 Å². The van der Waals surface area contributed by atoms with Gasteiger partial charge in [0.15, 0.2) is 0 Å². The predicted octanol–water partition coefficient (Wildman–Crippen LogP) is 2.65. The first kappa shape index (κ1) is 15.8. The normalized spacial score (nSPS) is 19.3. The molecule has 1 aliphatic carbocycles. The zero-order valence-electron chi connectivity index (χ0n) is 14.6. The van der Waals surface area contributed by atoms with Crippen molar-refractivity contribution in [2.45, 2.75) is 51.7 Å². The molecule has 6 heteroatoms. The molecule has 3 rings (SSSR count). The number of carbonyl (C=O) groups is 1. The summed E-state index contributed by atoms with van der Waals surface area (Å²) in [6, 6.07) is 0.173. The minimum atomic E-state index is -0.463. The quantitative estimate of drug-likeness (QED) is 0.836. The molecular weight excluding hydrogens is 292 g/mol. The maximum atomic E-state index is 12.3. The Morgan fingerprint density at radius 2 is 2.17 bits per heavy atom. The molecule has 1 aromatic heterocycles. The Labute approximate surface area is 137 Å². The zero-order chi connectivity index (χ0) is 16.8. The van der Waals surface area contributed by atoms with Crippen molar-refractivity contribution < 1.29 is 9.53 Å². The van der Waals surface area contributed by atoms with Gasteiger partial charge in [-0.2, -0.15) is 0 Å². The van der Waals surface area contributed by atoms with Gasteiger partial charge in [-0.05, 0) is 51.7 Å². The van der Waals surface area contributed by atoms with Gasteiger partial charge in [0.1, 0.15) is 11.4 Å². The first-order chi connectivity index (χ1) is 10.8. The van der Waals surface area contributed by atoms with E-state index in [2.05, 4.69) is 28.5 Å². The van der Waals surface area contributed by atoms with Gasteiger partial charge in [-0.15, -0.1) is 0 Å². The van der Waals surface area contributed by atoms with Gasteiger partial charge >= 0.3 is 6.09 Å². The minimum Gasteiger partial charge on any atom is -0.444 e. The summed E-state index contributed by atoms with van der Waals surface area (Å²) in [5, 5.41) is 0. The van der Waals surface area contributed by atoms with Crippen LogP contribution in [0.5, 0.6) is 0 Å². The number of ether oxygens (including phenoxy) is 1. The largest absolute Gasteiger partial charge is 0.444 e. The Morgan fingerprint density at radius 1 is 1.43 bits per heavy atom. The van der Waals surface area contributed by atoms with Crippen molar-refractivity contribution in [2.75, 3.05) is 12.5 Å². The zero-order valence-corrected chi connectivity index (χ0v) is 14.6. The van der Waals surface area contributed by atoms with E-state index in [0.717, 1.165) is 25.1 Å². The number of hydrogen-bond acceptors (Lipinski definition) is 4. The fourth-order valence-electron chi connectivity index (χ4n) is 3.38. The van der Waals surface area contributed by atoms with E-state index in [4.69, 9.17) is 4.74 Å². The molecular formula is C17H26N4O2. The van der Waals surface area contributed by atoms with E-state index in [1.165, 1.54) is 16.8 Å². The maximum absolute atomic E-state index is 12.3. The van der Waals surface area contributed by atoms with Crippen LogP contribution in [0.25, 0.3) is 6.08 Å². The molecule has 1 unspecified atom stereocenters. The number of hydrazine groups is 1. The highest BCUT2D eigenvalue weighted by molar-refractivity contribution is 5.73. The highest BCUT2D eigenvalue weighted by atomic mass is 16.6. The van der Waals surface area contributed by atoms with Gasteiger partial charge in [0.25, 0.3) is 0 Å². The van der Waals surface area contributed by atoms with E-state index in [0.29, 0.717) is 0 Å². The third kappa shape index (κ3) is 2.90. The number of nitrogens with zero attached hydrogens (tertiary/aromatic N) is 2. The van der Waals surface area contributed by atoms with Gasteiger partial charge in [-0.1, -0.05) is 0 Å². The number of rotatable bonds is 1. The molecule has 1 aromatic rings. The second kappa shape index (κ2) is 5.51. The van der Waals surface area contributed by atoms with Crippen LogP contribution >= 0.6 is 0 Å². The second-order valence-electron chi connectivity index (χ2n) is 7.34. The molecule has 23 heavy (non-hydrogen) atoms. The molecule has 0 radical (unpaired) electrons. The Hall–Kier alpha value is -2.11. The van der Waals surface area contributed by atoms with E-state index < -0.39 is 5.60 Å². The van der Waals surface area contributed by atoms with Crippen molar-refractivity contribution >= 4 is 18.0 Å². The second-order valence-corrected chi connectivity index (χ2v) is 7.34. The number of hydrogen-bond donors (Lipinski definition) is 2. The fraction of sp³-hybridized carbons (Fsp3) is 0.588. The summed E-state index contributed by atoms with van der Waals surface area (Å²) in [6.45, 7) is 5.69. The molecule has 0 saturated heterocycles. The molecule has 0 saturated carbocycles. The molecule has 1 aliphatic heterocycles. The summed E-state index contributed by atoms with van der Waals surface area (Å²) in [5.41, 5.74) is 9.69. The first-order valence-electron chi connectivity index (χ1n) is 8.12. The van der Waals surface area contributed by atoms with Crippen LogP contribution in [0.3, 0.4) is 0 Å². The van der Waals surface area contributed by atoms with Crippen LogP contribution < -0.4 is 10.9 Å². The highest BCUT2D eigenvalue weighted by Crippen LogP contribution is 2.35. The monoisotopic (exact) mass is 318 g/mol. The number of fused-ring (bicyclic) bond motifs is 3. The van der Waals surface area contributed by atoms with E-state index in [-0.39, 0.29) is 12.1 Å². The molecule has 0 bridgehead atoms. The average Bonchev–Trinajstić information content (AvgIpc) is 2.78. The number of aromatic nitrogens is 1. The summed E-state index contributed by atoms with van der Waals surface area (Å²) in [7, 11) is 3.93. The van der Waals surface area contributed by atoms with Gasteiger partial charge in [-0.3, -0.25) is 5.43 Å². The van der Waals surface area contributed by atoms with Gasteiger partial charge in [-0.25, -0.2) is 4.79 Å². The van der Waals surface area contributed by atoms with Crippen molar-refractivity contribution in [3.05, 3.63) is 23.0 Å². The molecule has 2 aliphatic rings. The SMILES string of the molecule is CN(C(=O)OC(C)(C)C)C1CCc2c(c3c(n2C)NNC=C3)C1. The summed E-state index contributed by atoms with van der Waals surface area (Å²) in [6.07, 6.45) is 6.54. The van der Waals surface area contributed by atoms with Gasteiger partial charge in [0.05, 0.1) is 0 Å². The predicted molar refractivity (Wildman–Crippen MR) is 91.0 cm³/mol. The lowest BCUT2D eigenvalue weighted by molar-refractivity contribution is 0.0209. The van der Waals surface area contributed by atoms with E-state index >= 15 is 0 Å². The Balaban J connectivity index is 1.81. The topological polar surface area (TPSA) is 58.5 Å². The summed E-state index contributed by atoms with van der Waals surface area (Å²) in [5.74, 6) is 1.10. The molecule has 0 aromatic carbocycles. The smallest absolute Gasteiger partial charge is 0.410 e. The average molecular weight is 318 g/mol. The van der Waals surface area contributed by atoms with Crippen LogP contribution in [0.1, 0.15) is 44.0 Å². The Morgan fingerprint density at radius 3 is 2.87 bits per heavy atom. The van der Waals surface area contributed by atoms with E-state index in [1.807, 2.05) is 34.0 Å². The molecule has 1 atom stereocenters. The number of nitrogens with one attached hydrogen (secondary N) is 2. The van der Waals surface area contributed by atoms with Crippen molar-refractivity contribution in [1.82, 2.24) is 14.9 Å². The lowest BCUT2D eigenvalue weighted by Gasteiger charge is -2.33. The van der Waals surface area contributed by atoms with Crippen molar-refractivity contribution in [1.29, 1.82) is 0 Å². The highest BCUT2D eigenvalue weighted by Gasteiger charge is 2.32. The van der Waals surface area contributed by atoms with Gasteiger partial charge < -0.3 is 19.6 Å². The van der Waals surface area contributed by atoms with E-state index in [1.54, 1.807) is 4.90 Å². The van der Waals surface area contributed by atoms with Gasteiger partial charge in [0.2, 0.25) is 0 Å². The molecule has 126 valence electrons. The number of likely N-dealkylation sites (N-methyl/N-ethyl adjacent to an activating group) is 1. The Kier molecular flexibility index (Phi) is 3.78. The lowest BCUT2D eigenvalue weighted by Crippen LogP contribution is -2.43. The van der Waals surface area contributed by atoms with Gasteiger partial charge in [0, 0.05) is 37.6 Å². The van der Waals surface area contributed by atoms with Crippen LogP contribution in [0.2, 0.25) is 0 Å². The van der Waals surface area contributed by atoms with Crippen LogP contribution in [-0.4, -0.2) is 34.3 Å². The molecule has 2 heterocycles. The Bertz CT molecular complexity index is 655. The third-order valence-corrected chi connectivity index (χ3v) is 4.58. The van der Waals surface area contributed by atoms with Crippen molar-refractivity contribution in [2.24, 2.45) is 7.05 Å². The molecule has 0 fully saturated rings.